The average molecular weight is 669 g/mol. The Kier molecular flexibility index (Phi) is 8.71. The fourth-order valence-corrected chi connectivity index (χ4v) is 6.50. The van der Waals surface area contributed by atoms with Crippen molar-refractivity contribution < 1.29 is 37.3 Å². The third-order valence-electron chi connectivity index (χ3n) is 9.61. The standard InChI is InChI=1S/C40H44O9/c1-25(16-20-42-28-11-9-27-10-14-36(41)45-31(27)23-28)8-13-35-39(5,6)49-40(48-35)19-15-29-33(46-40)24-32-30(18-22-43-32)37(29)44-21-17-26(2)7-12-34-38(3,4)47-34/h9-11,14-19,22-24,34-35H,7-8,12-13,20-21H2,1-6H3/b25-16+,26-17+/t34?,35-,40+/m1/s1. The zero-order chi connectivity index (χ0) is 34.4. The van der Waals surface area contributed by atoms with Crippen molar-refractivity contribution in [3.8, 4) is 17.2 Å². The molecule has 258 valence electrons. The first-order chi connectivity index (χ1) is 23.4. The molecule has 0 N–H and O–H groups in total. The largest absolute Gasteiger partial charge is 0.489 e. The van der Waals surface area contributed by atoms with Gasteiger partial charge in [0.15, 0.2) is 0 Å². The number of hydrogen-bond acceptors (Lipinski definition) is 9. The molecular weight excluding hydrogens is 624 g/mol. The van der Waals surface area contributed by atoms with Crippen LogP contribution in [0, 0.1) is 0 Å². The fraction of sp³-hybridized carbons (Fsp3) is 0.425. The minimum atomic E-state index is -1.36. The zero-order valence-corrected chi connectivity index (χ0v) is 29.0. The zero-order valence-electron chi connectivity index (χ0n) is 29.0. The maximum absolute atomic E-state index is 11.6. The van der Waals surface area contributed by atoms with Crippen molar-refractivity contribution in [3.05, 3.63) is 94.1 Å². The number of epoxide rings is 1. The lowest BCUT2D eigenvalue weighted by molar-refractivity contribution is -0.270. The van der Waals surface area contributed by atoms with Gasteiger partial charge in [0.1, 0.15) is 41.6 Å². The molecule has 9 heteroatoms. The molecule has 2 aromatic carbocycles. The topological polar surface area (TPSA) is 102 Å². The Morgan fingerprint density at radius 2 is 1.53 bits per heavy atom. The van der Waals surface area contributed by atoms with Gasteiger partial charge in [-0.25, -0.2) is 4.79 Å². The average Bonchev–Trinajstić information content (AvgIpc) is 3.31. The van der Waals surface area contributed by atoms with E-state index in [1.165, 1.54) is 11.6 Å². The lowest BCUT2D eigenvalue weighted by atomic mass is 9.96. The van der Waals surface area contributed by atoms with Crippen LogP contribution in [0.15, 0.2) is 91.7 Å². The van der Waals surface area contributed by atoms with Gasteiger partial charge in [-0.15, -0.1) is 0 Å². The second-order valence-electron chi connectivity index (χ2n) is 14.3. The highest BCUT2D eigenvalue weighted by molar-refractivity contribution is 5.91. The van der Waals surface area contributed by atoms with Gasteiger partial charge in [0.05, 0.1) is 40.6 Å². The molecule has 49 heavy (non-hydrogen) atoms. The van der Waals surface area contributed by atoms with Gasteiger partial charge in [0, 0.05) is 29.7 Å². The summed E-state index contributed by atoms with van der Waals surface area (Å²) in [6.45, 7) is 13.3. The Labute approximate surface area is 286 Å². The molecule has 1 spiro atoms. The van der Waals surface area contributed by atoms with Crippen LogP contribution in [0.3, 0.4) is 0 Å². The van der Waals surface area contributed by atoms with Crippen LogP contribution in [-0.2, 0) is 14.2 Å². The van der Waals surface area contributed by atoms with E-state index in [4.69, 9.17) is 37.3 Å². The highest BCUT2D eigenvalue weighted by Gasteiger charge is 2.54. The maximum atomic E-state index is 11.6. The van der Waals surface area contributed by atoms with E-state index in [1.807, 2.05) is 56.3 Å². The second-order valence-corrected chi connectivity index (χ2v) is 14.3. The number of furan rings is 1. The summed E-state index contributed by atoms with van der Waals surface area (Å²) in [5.74, 6) is 0.553. The minimum Gasteiger partial charge on any atom is -0.489 e. The Morgan fingerprint density at radius 1 is 0.837 bits per heavy atom. The summed E-state index contributed by atoms with van der Waals surface area (Å²) >= 11 is 0. The van der Waals surface area contributed by atoms with Crippen LogP contribution >= 0.6 is 0 Å². The number of allylic oxidation sites excluding steroid dienone is 2. The van der Waals surface area contributed by atoms with Crippen LogP contribution in [0.1, 0.15) is 72.8 Å². The molecular formula is C40H44O9. The molecule has 3 aliphatic heterocycles. The summed E-state index contributed by atoms with van der Waals surface area (Å²) in [5, 5.41) is 1.73. The summed E-state index contributed by atoms with van der Waals surface area (Å²) < 4.78 is 48.5. The first-order valence-corrected chi connectivity index (χ1v) is 17.0. The van der Waals surface area contributed by atoms with Crippen LogP contribution in [0.4, 0.5) is 0 Å². The van der Waals surface area contributed by atoms with Crippen molar-refractivity contribution in [2.75, 3.05) is 13.2 Å². The van der Waals surface area contributed by atoms with Crippen molar-refractivity contribution in [1.29, 1.82) is 0 Å². The van der Waals surface area contributed by atoms with Gasteiger partial charge in [-0.2, -0.15) is 0 Å². The molecule has 3 atom stereocenters. The van der Waals surface area contributed by atoms with Crippen molar-refractivity contribution >= 4 is 28.0 Å². The van der Waals surface area contributed by atoms with Gasteiger partial charge < -0.3 is 37.3 Å². The van der Waals surface area contributed by atoms with E-state index in [0.29, 0.717) is 47.7 Å². The number of rotatable bonds is 12. The van der Waals surface area contributed by atoms with Crippen LogP contribution in [0.25, 0.3) is 28.0 Å². The SMILES string of the molecule is C/C(=C\COc1c2c(cc3occc13)O[C@@]1(C=C2)O[C@H](CC/C(C)=C/COc2ccc3ccc(=O)oc3c2)C(C)(C)O1)CCC1OC1(C)C. The van der Waals surface area contributed by atoms with Gasteiger partial charge in [-0.05, 0) is 110 Å². The Bertz CT molecular complexity index is 2010. The van der Waals surface area contributed by atoms with Crippen molar-refractivity contribution in [2.45, 2.75) is 96.6 Å². The molecule has 0 aliphatic carbocycles. The maximum Gasteiger partial charge on any atom is 0.350 e. The third kappa shape index (κ3) is 7.20. The molecule has 0 saturated carbocycles. The van der Waals surface area contributed by atoms with Crippen LogP contribution in [-0.4, -0.2) is 42.6 Å². The lowest BCUT2D eigenvalue weighted by Gasteiger charge is -2.30. The normalized spacial score (nSPS) is 24.0. The molecule has 7 rings (SSSR count). The Balaban J connectivity index is 0.974. The lowest BCUT2D eigenvalue weighted by Crippen LogP contribution is -2.38. The van der Waals surface area contributed by atoms with E-state index in [-0.39, 0.29) is 17.3 Å². The fourth-order valence-electron chi connectivity index (χ4n) is 6.50. The van der Waals surface area contributed by atoms with Gasteiger partial charge in [0.25, 0.3) is 0 Å². The summed E-state index contributed by atoms with van der Waals surface area (Å²) in [5.41, 5.74) is 3.43. The summed E-state index contributed by atoms with van der Waals surface area (Å²) in [6, 6.07) is 12.4. The van der Waals surface area contributed by atoms with E-state index in [9.17, 15) is 4.79 Å². The molecule has 0 amide bonds. The van der Waals surface area contributed by atoms with Crippen LogP contribution < -0.4 is 19.8 Å². The molecule has 2 fully saturated rings. The van der Waals surface area contributed by atoms with Gasteiger partial charge in [-0.1, -0.05) is 11.1 Å². The highest BCUT2D eigenvalue weighted by Crippen LogP contribution is 2.48. The number of benzene rings is 2. The molecule has 9 nitrogen and oxygen atoms in total. The Hall–Kier alpha value is -4.31. The predicted molar refractivity (Wildman–Crippen MR) is 187 cm³/mol. The van der Waals surface area contributed by atoms with E-state index in [1.54, 1.807) is 18.4 Å². The van der Waals surface area contributed by atoms with Crippen LogP contribution in [0.2, 0.25) is 0 Å². The summed E-state index contributed by atoms with van der Waals surface area (Å²) in [4.78, 5) is 11.6. The molecule has 0 bridgehead atoms. The smallest absolute Gasteiger partial charge is 0.350 e. The number of ether oxygens (including phenoxy) is 6. The highest BCUT2D eigenvalue weighted by atomic mass is 16.9. The van der Waals surface area contributed by atoms with E-state index in [2.05, 4.69) is 33.8 Å². The predicted octanol–water partition coefficient (Wildman–Crippen LogP) is 8.88. The molecule has 4 aromatic rings. The quantitative estimate of drug-likeness (QED) is 0.0832. The molecule has 0 radical (unpaired) electrons. The summed E-state index contributed by atoms with van der Waals surface area (Å²) in [7, 11) is 0. The van der Waals surface area contributed by atoms with E-state index < -0.39 is 11.6 Å². The van der Waals surface area contributed by atoms with E-state index >= 15 is 0 Å². The molecule has 2 aromatic heterocycles. The molecule has 1 unspecified atom stereocenters. The number of hydrogen-bond donors (Lipinski definition) is 0. The monoisotopic (exact) mass is 668 g/mol. The van der Waals surface area contributed by atoms with Crippen molar-refractivity contribution in [2.24, 2.45) is 0 Å². The first-order valence-electron chi connectivity index (χ1n) is 17.0. The minimum absolute atomic E-state index is 0.00721. The second kappa shape index (κ2) is 12.9. The number of fused-ring (bicyclic) bond motifs is 3. The van der Waals surface area contributed by atoms with E-state index in [0.717, 1.165) is 47.6 Å². The third-order valence-corrected chi connectivity index (χ3v) is 9.61. The first kappa shape index (κ1) is 33.2. The Morgan fingerprint density at radius 3 is 2.27 bits per heavy atom. The molecule has 5 heterocycles. The van der Waals surface area contributed by atoms with Gasteiger partial charge in [0.2, 0.25) is 0 Å². The van der Waals surface area contributed by atoms with Gasteiger partial charge >= 0.3 is 11.6 Å². The van der Waals surface area contributed by atoms with Gasteiger partial charge in [-0.3, -0.25) is 0 Å². The van der Waals surface area contributed by atoms with Crippen LogP contribution in [0.5, 0.6) is 17.2 Å². The molecule has 3 aliphatic rings. The van der Waals surface area contributed by atoms with Crippen molar-refractivity contribution in [3.63, 3.8) is 0 Å². The summed E-state index contributed by atoms with van der Waals surface area (Å²) in [6.07, 6.45) is 13.2. The molecule has 2 saturated heterocycles. The van der Waals surface area contributed by atoms with Crippen molar-refractivity contribution in [1.82, 2.24) is 0 Å².